The van der Waals surface area contributed by atoms with Gasteiger partial charge in [-0.1, -0.05) is 0 Å². The van der Waals surface area contributed by atoms with Gasteiger partial charge in [0.05, 0.1) is 0 Å². The fraction of sp³-hybridized carbons (Fsp3) is 1.00. The van der Waals surface area contributed by atoms with E-state index in [1.54, 1.807) is 22.5 Å². The van der Waals surface area contributed by atoms with Crippen LogP contribution < -0.4 is 5.73 Å². The molecule has 0 unspecified atom stereocenters. The standard InChI is InChI=1S/C6H14N.2ClH.Sn/c1-2-3-4-5-6-7;;;/h1-7H2;2*1H;. The Labute approximate surface area is 89.4 Å². The molecule has 63 valence electrons. The van der Waals surface area contributed by atoms with Gasteiger partial charge in [-0.25, -0.2) is 0 Å². The average Bonchev–Trinajstić information content (AvgIpc) is 1.81. The summed E-state index contributed by atoms with van der Waals surface area (Å²) in [5, 5.41) is 0. The Bertz CT molecular complexity index is 40.7. The van der Waals surface area contributed by atoms with Crippen molar-refractivity contribution in [2.75, 3.05) is 6.54 Å². The average molecular weight is 292 g/mol. The van der Waals surface area contributed by atoms with Gasteiger partial charge in [0.25, 0.3) is 0 Å². The molecule has 0 rings (SSSR count). The minimum atomic E-state index is 0. The molecule has 0 heterocycles. The third-order valence-electron chi connectivity index (χ3n) is 1.13. The topological polar surface area (TPSA) is 26.0 Å². The summed E-state index contributed by atoms with van der Waals surface area (Å²) in [5.74, 6) is 0. The first-order valence-corrected chi connectivity index (χ1v) is 5.28. The van der Waals surface area contributed by atoms with E-state index in [0.717, 1.165) is 6.54 Å². The van der Waals surface area contributed by atoms with Crippen LogP contribution in [-0.4, -0.2) is 29.1 Å². The maximum absolute atomic E-state index is 5.32. The Balaban J connectivity index is -0.000000245. The summed E-state index contributed by atoms with van der Waals surface area (Å²) >= 11 is 1.67. The molecular formula is C6H16Cl2NSn. The van der Waals surface area contributed by atoms with Gasteiger partial charge in [-0.3, -0.25) is 0 Å². The molecule has 0 saturated carbocycles. The SMILES string of the molecule is Cl.Cl.NCCCCC[CH2][Sn]. The number of hydrogen-bond acceptors (Lipinski definition) is 1. The summed E-state index contributed by atoms with van der Waals surface area (Å²) in [4.78, 5) is 0. The van der Waals surface area contributed by atoms with Gasteiger partial charge in [-0.2, -0.15) is 0 Å². The Hall–Kier alpha value is 1.34. The molecule has 0 saturated heterocycles. The molecule has 0 aromatic rings. The first-order valence-electron chi connectivity index (χ1n) is 3.26. The van der Waals surface area contributed by atoms with Gasteiger partial charge in [-0.05, 0) is 0 Å². The van der Waals surface area contributed by atoms with Gasteiger partial charge >= 0.3 is 64.9 Å². The number of rotatable bonds is 5. The summed E-state index contributed by atoms with van der Waals surface area (Å²) in [6.45, 7) is 0.872. The zero-order valence-electron chi connectivity index (χ0n) is 6.14. The van der Waals surface area contributed by atoms with Crippen LogP contribution in [0.3, 0.4) is 0 Å². The van der Waals surface area contributed by atoms with Crippen LogP contribution in [0.4, 0.5) is 0 Å². The van der Waals surface area contributed by atoms with Crippen molar-refractivity contribution in [2.45, 2.75) is 30.1 Å². The molecule has 0 spiro atoms. The zero-order valence-corrected chi connectivity index (χ0v) is 10.6. The Morgan fingerprint density at radius 2 is 1.40 bits per heavy atom. The van der Waals surface area contributed by atoms with Crippen molar-refractivity contribution in [3.8, 4) is 0 Å². The van der Waals surface area contributed by atoms with E-state index in [1.807, 2.05) is 0 Å². The number of halogens is 2. The van der Waals surface area contributed by atoms with Crippen LogP contribution in [0.25, 0.3) is 0 Å². The number of hydrogen-bond donors (Lipinski definition) is 1. The third kappa shape index (κ3) is 16.2. The summed E-state index contributed by atoms with van der Waals surface area (Å²) in [7, 11) is 0. The Kier molecular flexibility index (Phi) is 29.2. The van der Waals surface area contributed by atoms with E-state index in [1.165, 1.54) is 30.1 Å². The second kappa shape index (κ2) is 16.7. The Morgan fingerprint density at radius 3 is 1.80 bits per heavy atom. The van der Waals surface area contributed by atoms with Crippen LogP contribution in [0, 0.1) is 0 Å². The zero-order chi connectivity index (χ0) is 6.24. The molecule has 1 nitrogen and oxygen atoms in total. The maximum atomic E-state index is 5.32. The molecule has 0 bridgehead atoms. The van der Waals surface area contributed by atoms with E-state index in [-0.39, 0.29) is 24.8 Å². The number of nitrogens with two attached hydrogens (primary N) is 1. The van der Waals surface area contributed by atoms with Crippen LogP contribution in [0.15, 0.2) is 0 Å². The van der Waals surface area contributed by atoms with Crippen LogP contribution >= 0.6 is 24.8 Å². The van der Waals surface area contributed by atoms with E-state index >= 15 is 0 Å². The van der Waals surface area contributed by atoms with Gasteiger partial charge < -0.3 is 0 Å². The molecule has 0 aromatic heterocycles. The molecule has 2 N–H and O–H groups in total. The first kappa shape index (κ1) is 17.4. The van der Waals surface area contributed by atoms with E-state index in [2.05, 4.69) is 0 Å². The van der Waals surface area contributed by atoms with E-state index in [9.17, 15) is 0 Å². The molecule has 4 heteroatoms. The van der Waals surface area contributed by atoms with E-state index < -0.39 is 0 Å². The van der Waals surface area contributed by atoms with Crippen LogP contribution in [-0.2, 0) is 0 Å². The molecule has 0 atom stereocenters. The normalized spacial score (nSPS) is 7.80. The van der Waals surface area contributed by atoms with Gasteiger partial charge in [0.15, 0.2) is 0 Å². The van der Waals surface area contributed by atoms with Crippen LogP contribution in [0.5, 0.6) is 0 Å². The monoisotopic (exact) mass is 292 g/mol. The van der Waals surface area contributed by atoms with Crippen molar-refractivity contribution in [1.29, 1.82) is 0 Å². The fourth-order valence-electron chi connectivity index (χ4n) is 0.623. The van der Waals surface area contributed by atoms with Crippen molar-refractivity contribution in [1.82, 2.24) is 0 Å². The molecule has 10 heavy (non-hydrogen) atoms. The summed E-state index contributed by atoms with van der Waals surface area (Å²) in [6.07, 6.45) is 5.36. The second-order valence-corrected chi connectivity index (χ2v) is 3.38. The molecule has 0 aliphatic heterocycles. The summed E-state index contributed by atoms with van der Waals surface area (Å²) in [5.41, 5.74) is 5.32. The van der Waals surface area contributed by atoms with E-state index in [4.69, 9.17) is 5.73 Å². The van der Waals surface area contributed by atoms with Crippen LogP contribution in [0.1, 0.15) is 25.7 Å². The van der Waals surface area contributed by atoms with Crippen molar-refractivity contribution in [3.05, 3.63) is 0 Å². The Morgan fingerprint density at radius 1 is 0.900 bits per heavy atom. The molecular weight excluding hydrogens is 276 g/mol. The minimum absolute atomic E-state index is 0. The molecule has 0 aliphatic carbocycles. The van der Waals surface area contributed by atoms with Crippen molar-refractivity contribution >= 4 is 47.3 Å². The van der Waals surface area contributed by atoms with Crippen molar-refractivity contribution in [3.63, 3.8) is 0 Å². The molecule has 0 fully saturated rings. The first-order chi connectivity index (χ1) is 3.91. The van der Waals surface area contributed by atoms with E-state index in [0.29, 0.717) is 0 Å². The van der Waals surface area contributed by atoms with Crippen molar-refractivity contribution in [2.24, 2.45) is 5.73 Å². The van der Waals surface area contributed by atoms with Gasteiger partial charge in [0, 0.05) is 0 Å². The quantitative estimate of drug-likeness (QED) is 0.608. The second-order valence-electron chi connectivity index (χ2n) is 1.95. The summed E-state index contributed by atoms with van der Waals surface area (Å²) < 4.78 is 1.41. The van der Waals surface area contributed by atoms with Gasteiger partial charge in [0.2, 0.25) is 0 Å². The van der Waals surface area contributed by atoms with Gasteiger partial charge in [-0.15, -0.1) is 24.8 Å². The molecule has 0 amide bonds. The number of unbranched alkanes of at least 4 members (excludes halogenated alkanes) is 3. The third-order valence-corrected chi connectivity index (χ3v) is 2.14. The summed E-state index contributed by atoms with van der Waals surface area (Å²) in [6, 6.07) is 0. The fourth-order valence-corrected chi connectivity index (χ4v) is 1.34. The van der Waals surface area contributed by atoms with Crippen LogP contribution in [0.2, 0.25) is 4.44 Å². The predicted molar refractivity (Wildman–Crippen MR) is 52.6 cm³/mol. The van der Waals surface area contributed by atoms with Crippen molar-refractivity contribution < 1.29 is 0 Å². The van der Waals surface area contributed by atoms with Gasteiger partial charge in [0.1, 0.15) is 0 Å². The molecule has 0 aliphatic rings. The molecule has 3 radical (unpaired) electrons. The molecule has 0 aromatic carbocycles. The predicted octanol–water partition coefficient (Wildman–Crippen LogP) is 1.94.